The number of fused-ring (bicyclic) bond motifs is 1. The van der Waals surface area contributed by atoms with Gasteiger partial charge in [0, 0.05) is 12.8 Å². The highest BCUT2D eigenvalue weighted by Gasteiger charge is 2.32. The number of anilines is 1. The molecule has 1 aromatic rings. The molecule has 19 heavy (non-hydrogen) atoms. The second kappa shape index (κ2) is 3.98. The normalized spacial score (nSPS) is 20.8. The van der Waals surface area contributed by atoms with Crippen LogP contribution in [0.4, 0.5) is 14.5 Å². The van der Waals surface area contributed by atoms with Gasteiger partial charge in [0.15, 0.2) is 0 Å². The lowest BCUT2D eigenvalue weighted by Crippen LogP contribution is -2.18. The molecule has 0 fully saturated rings. The Balaban J connectivity index is 1.95. The summed E-state index contributed by atoms with van der Waals surface area (Å²) in [5.41, 5.74) is 2.35. The molecule has 1 heterocycles. The second-order valence-corrected chi connectivity index (χ2v) is 4.83. The van der Waals surface area contributed by atoms with Crippen molar-refractivity contribution >= 4 is 23.0 Å². The Morgan fingerprint density at radius 1 is 1.21 bits per heavy atom. The van der Waals surface area contributed by atoms with E-state index in [1.807, 2.05) is 0 Å². The predicted molar refractivity (Wildman–Crippen MR) is 66.2 cm³/mol. The van der Waals surface area contributed by atoms with E-state index >= 15 is 0 Å². The minimum absolute atomic E-state index is 0.180. The highest BCUT2D eigenvalue weighted by atomic mass is 19.3. The Labute approximate surface area is 108 Å². The fourth-order valence-corrected chi connectivity index (χ4v) is 2.40. The molecule has 0 bridgehead atoms. The van der Waals surface area contributed by atoms with Gasteiger partial charge in [-0.25, -0.2) is 8.78 Å². The molecule has 0 atom stereocenters. The first kappa shape index (κ1) is 12.0. The molecule has 1 N–H and O–H groups in total. The van der Waals surface area contributed by atoms with Gasteiger partial charge in [0.1, 0.15) is 0 Å². The molecular weight excluding hydrogens is 252 g/mol. The SMILES string of the molecule is O=C1Nc2ccc(C3=CCC(F)(F)CC3)cc2C1=O. The molecule has 3 nitrogen and oxygen atoms in total. The van der Waals surface area contributed by atoms with E-state index in [9.17, 15) is 18.4 Å². The van der Waals surface area contributed by atoms with Gasteiger partial charge in [-0.15, -0.1) is 0 Å². The van der Waals surface area contributed by atoms with E-state index in [2.05, 4.69) is 5.32 Å². The number of amides is 1. The summed E-state index contributed by atoms with van der Waals surface area (Å²) in [6.07, 6.45) is 1.34. The number of hydrogen-bond donors (Lipinski definition) is 1. The van der Waals surface area contributed by atoms with Crippen molar-refractivity contribution in [1.82, 2.24) is 0 Å². The lowest BCUT2D eigenvalue weighted by molar-refractivity contribution is -0.112. The van der Waals surface area contributed by atoms with E-state index in [0.29, 0.717) is 11.3 Å². The van der Waals surface area contributed by atoms with Crippen LogP contribution in [0.15, 0.2) is 24.3 Å². The summed E-state index contributed by atoms with van der Waals surface area (Å²) < 4.78 is 26.1. The maximum atomic E-state index is 13.1. The van der Waals surface area contributed by atoms with Crippen LogP contribution in [-0.2, 0) is 4.79 Å². The van der Waals surface area contributed by atoms with Crippen LogP contribution in [0.3, 0.4) is 0 Å². The van der Waals surface area contributed by atoms with Gasteiger partial charge < -0.3 is 5.32 Å². The third kappa shape index (κ3) is 2.05. The number of Topliss-reactive ketones (excluding diaryl/α,β-unsaturated/α-hetero) is 1. The standard InChI is InChI=1S/C14H11F2NO2/c15-14(16)5-3-8(4-6-14)9-1-2-11-10(7-9)12(18)13(19)17-11/h1-3,7H,4-6H2,(H,17,18,19). The summed E-state index contributed by atoms with van der Waals surface area (Å²) in [6.45, 7) is 0. The van der Waals surface area contributed by atoms with Crippen molar-refractivity contribution in [3.05, 3.63) is 35.4 Å². The maximum absolute atomic E-state index is 13.1. The average Bonchev–Trinajstić information content (AvgIpc) is 2.65. The Kier molecular flexibility index (Phi) is 2.52. The zero-order valence-electron chi connectivity index (χ0n) is 10.0. The zero-order valence-corrected chi connectivity index (χ0v) is 10.0. The molecule has 1 aliphatic heterocycles. The van der Waals surface area contributed by atoms with Crippen LogP contribution in [-0.4, -0.2) is 17.6 Å². The zero-order chi connectivity index (χ0) is 13.6. The Morgan fingerprint density at radius 3 is 2.68 bits per heavy atom. The maximum Gasteiger partial charge on any atom is 0.296 e. The minimum atomic E-state index is -2.63. The van der Waals surface area contributed by atoms with Crippen LogP contribution in [0, 0.1) is 0 Å². The number of benzene rings is 1. The number of carbonyl (C=O) groups is 2. The third-order valence-corrected chi connectivity index (χ3v) is 3.50. The number of nitrogens with one attached hydrogen (secondary N) is 1. The van der Waals surface area contributed by atoms with E-state index in [0.717, 1.165) is 11.1 Å². The van der Waals surface area contributed by atoms with Gasteiger partial charge in [-0.05, 0) is 29.7 Å². The van der Waals surface area contributed by atoms with Crippen LogP contribution in [0.25, 0.3) is 5.57 Å². The highest BCUT2D eigenvalue weighted by molar-refractivity contribution is 6.51. The van der Waals surface area contributed by atoms with Gasteiger partial charge in [0.05, 0.1) is 11.3 Å². The van der Waals surface area contributed by atoms with E-state index in [1.165, 1.54) is 6.08 Å². The number of rotatable bonds is 1. The molecule has 0 radical (unpaired) electrons. The summed E-state index contributed by atoms with van der Waals surface area (Å²) in [7, 11) is 0. The Hall–Kier alpha value is -2.04. The molecule has 0 saturated carbocycles. The molecule has 1 aliphatic carbocycles. The van der Waals surface area contributed by atoms with Crippen molar-refractivity contribution in [2.24, 2.45) is 0 Å². The Morgan fingerprint density at radius 2 is 2.00 bits per heavy atom. The van der Waals surface area contributed by atoms with Crippen molar-refractivity contribution in [2.75, 3.05) is 5.32 Å². The van der Waals surface area contributed by atoms with Gasteiger partial charge in [-0.1, -0.05) is 12.1 Å². The lowest BCUT2D eigenvalue weighted by Gasteiger charge is -2.21. The Bertz CT molecular complexity index is 620. The predicted octanol–water partition coefficient (Wildman–Crippen LogP) is 3.02. The smallest absolute Gasteiger partial charge is 0.296 e. The average molecular weight is 263 g/mol. The summed E-state index contributed by atoms with van der Waals surface area (Å²) >= 11 is 0. The fraction of sp³-hybridized carbons (Fsp3) is 0.286. The molecule has 98 valence electrons. The number of alkyl halides is 2. The molecule has 0 spiro atoms. The van der Waals surface area contributed by atoms with E-state index in [1.54, 1.807) is 18.2 Å². The van der Waals surface area contributed by atoms with Crippen molar-refractivity contribution in [1.29, 1.82) is 0 Å². The summed E-state index contributed by atoms with van der Waals surface area (Å²) in [6, 6.07) is 4.99. The number of allylic oxidation sites excluding steroid dienone is 2. The highest BCUT2D eigenvalue weighted by Crippen LogP contribution is 2.37. The first-order chi connectivity index (χ1) is 8.96. The van der Waals surface area contributed by atoms with Crippen LogP contribution in [0.1, 0.15) is 35.2 Å². The van der Waals surface area contributed by atoms with Crippen LogP contribution < -0.4 is 5.32 Å². The monoisotopic (exact) mass is 263 g/mol. The largest absolute Gasteiger partial charge is 0.318 e. The van der Waals surface area contributed by atoms with Crippen molar-refractivity contribution < 1.29 is 18.4 Å². The van der Waals surface area contributed by atoms with Gasteiger partial charge in [0.2, 0.25) is 0 Å². The number of carbonyl (C=O) groups excluding carboxylic acids is 2. The topological polar surface area (TPSA) is 46.2 Å². The number of ketones is 1. The molecular formula is C14H11F2NO2. The molecule has 2 aliphatic rings. The van der Waals surface area contributed by atoms with E-state index in [-0.39, 0.29) is 19.3 Å². The number of halogens is 2. The van der Waals surface area contributed by atoms with Crippen LogP contribution >= 0.6 is 0 Å². The van der Waals surface area contributed by atoms with Crippen molar-refractivity contribution in [2.45, 2.75) is 25.2 Å². The molecule has 1 aromatic carbocycles. The molecule has 3 rings (SSSR count). The second-order valence-electron chi connectivity index (χ2n) is 4.83. The fourth-order valence-electron chi connectivity index (χ4n) is 2.40. The van der Waals surface area contributed by atoms with Crippen LogP contribution in [0.2, 0.25) is 0 Å². The van der Waals surface area contributed by atoms with Gasteiger partial charge in [-0.3, -0.25) is 9.59 Å². The molecule has 0 unspecified atom stereocenters. The minimum Gasteiger partial charge on any atom is -0.318 e. The van der Waals surface area contributed by atoms with E-state index < -0.39 is 17.6 Å². The van der Waals surface area contributed by atoms with Crippen molar-refractivity contribution in [3.63, 3.8) is 0 Å². The van der Waals surface area contributed by atoms with E-state index in [4.69, 9.17) is 0 Å². The molecule has 5 heteroatoms. The molecule has 0 saturated heterocycles. The molecule has 0 aromatic heterocycles. The van der Waals surface area contributed by atoms with Gasteiger partial charge in [0.25, 0.3) is 17.6 Å². The first-order valence-corrected chi connectivity index (χ1v) is 6.03. The van der Waals surface area contributed by atoms with Crippen LogP contribution in [0.5, 0.6) is 0 Å². The lowest BCUT2D eigenvalue weighted by atomic mass is 9.90. The molecule has 1 amide bonds. The summed E-state index contributed by atoms with van der Waals surface area (Å²) in [4.78, 5) is 22.8. The number of hydrogen-bond acceptors (Lipinski definition) is 2. The van der Waals surface area contributed by atoms with Crippen molar-refractivity contribution in [3.8, 4) is 0 Å². The van der Waals surface area contributed by atoms with Gasteiger partial charge >= 0.3 is 0 Å². The summed E-state index contributed by atoms with van der Waals surface area (Å²) in [5, 5.41) is 2.46. The summed E-state index contributed by atoms with van der Waals surface area (Å²) in [5.74, 6) is -3.84. The first-order valence-electron chi connectivity index (χ1n) is 6.03. The van der Waals surface area contributed by atoms with Gasteiger partial charge in [-0.2, -0.15) is 0 Å². The third-order valence-electron chi connectivity index (χ3n) is 3.50. The quantitative estimate of drug-likeness (QED) is 0.791.